The first-order valence-corrected chi connectivity index (χ1v) is 9.83. The monoisotopic (exact) mass is 436 g/mol. The lowest BCUT2D eigenvalue weighted by molar-refractivity contribution is 0.0948. The van der Waals surface area contributed by atoms with E-state index in [1.165, 1.54) is 24.3 Å². The maximum Gasteiger partial charge on any atom is 0.291 e. The number of rotatable bonds is 8. The number of hydrogen-bond acceptors (Lipinski definition) is 6. The maximum atomic E-state index is 13.0. The van der Waals surface area contributed by atoms with Crippen molar-refractivity contribution in [2.24, 2.45) is 0 Å². The number of amides is 1. The summed E-state index contributed by atoms with van der Waals surface area (Å²) in [6, 6.07) is 9.88. The molecule has 0 saturated carbocycles. The third-order valence-corrected chi connectivity index (χ3v) is 4.97. The Kier molecular flexibility index (Phi) is 6.89. The van der Waals surface area contributed by atoms with Crippen molar-refractivity contribution < 1.29 is 19.1 Å². The van der Waals surface area contributed by atoms with Crippen LogP contribution in [0.1, 0.15) is 51.2 Å². The fourth-order valence-corrected chi connectivity index (χ4v) is 3.23. The Morgan fingerprint density at radius 3 is 2.47 bits per heavy atom. The first-order chi connectivity index (χ1) is 15.3. The Morgan fingerprint density at radius 1 is 1.19 bits per heavy atom. The van der Waals surface area contributed by atoms with Gasteiger partial charge in [0.25, 0.3) is 11.5 Å². The second kappa shape index (κ2) is 9.78. The van der Waals surface area contributed by atoms with Crippen molar-refractivity contribution in [1.82, 2.24) is 15.3 Å². The highest BCUT2D eigenvalue weighted by Crippen LogP contribution is 2.22. The zero-order chi connectivity index (χ0) is 23.3. The highest BCUT2D eigenvalue weighted by molar-refractivity contribution is 6.46. The molecule has 32 heavy (non-hydrogen) atoms. The molecule has 0 spiro atoms. The fraction of sp³-hybridized carbons (Fsp3) is 0.174. The smallest absolute Gasteiger partial charge is 0.291 e. The van der Waals surface area contributed by atoms with E-state index in [4.69, 9.17) is 5.41 Å². The minimum absolute atomic E-state index is 0.0183. The van der Waals surface area contributed by atoms with Crippen LogP contribution in [0.3, 0.4) is 0 Å². The van der Waals surface area contributed by atoms with Crippen molar-refractivity contribution >= 4 is 17.4 Å². The highest BCUT2D eigenvalue weighted by Gasteiger charge is 2.26. The number of nitrogens with one attached hydrogen (secondary N) is 3. The van der Waals surface area contributed by atoms with E-state index in [0.717, 1.165) is 11.6 Å². The number of aromatic nitrogens is 2. The molecule has 9 heteroatoms. The van der Waals surface area contributed by atoms with Gasteiger partial charge in [-0.3, -0.25) is 19.4 Å². The lowest BCUT2D eigenvalue weighted by Gasteiger charge is -2.16. The van der Waals surface area contributed by atoms with E-state index in [1.807, 2.05) is 6.92 Å². The lowest BCUT2D eigenvalue weighted by Crippen LogP contribution is -2.28. The van der Waals surface area contributed by atoms with Gasteiger partial charge in [0.05, 0.1) is 17.0 Å². The van der Waals surface area contributed by atoms with Gasteiger partial charge in [-0.15, -0.1) is 0 Å². The molecule has 1 amide bonds. The van der Waals surface area contributed by atoms with E-state index < -0.39 is 40.3 Å². The normalized spacial score (nSPS) is 11.6. The molecule has 0 aliphatic heterocycles. The summed E-state index contributed by atoms with van der Waals surface area (Å²) < 4.78 is 13.0. The van der Waals surface area contributed by atoms with Crippen molar-refractivity contribution in [2.45, 2.75) is 25.8 Å². The number of carbonyl (C=O) groups is 2. The zero-order valence-corrected chi connectivity index (χ0v) is 17.2. The average Bonchev–Trinajstić information content (AvgIpc) is 2.80. The molecular formula is C23H21FN4O4. The minimum Gasteiger partial charge on any atom is -0.502 e. The van der Waals surface area contributed by atoms with Gasteiger partial charge >= 0.3 is 0 Å². The van der Waals surface area contributed by atoms with Crippen molar-refractivity contribution in [1.29, 1.82) is 5.41 Å². The van der Waals surface area contributed by atoms with Crippen LogP contribution < -0.4 is 10.9 Å². The number of carbonyl (C=O) groups excluding carboxylic acids is 2. The third-order valence-electron chi connectivity index (χ3n) is 4.97. The Bertz CT molecular complexity index is 1210. The van der Waals surface area contributed by atoms with Gasteiger partial charge in [-0.05, 0) is 47.9 Å². The van der Waals surface area contributed by atoms with Gasteiger partial charge in [-0.2, -0.15) is 0 Å². The molecule has 3 rings (SSSR count). The van der Waals surface area contributed by atoms with Gasteiger partial charge in [0.2, 0.25) is 5.78 Å². The van der Waals surface area contributed by atoms with Gasteiger partial charge in [0, 0.05) is 24.9 Å². The predicted molar refractivity (Wildman–Crippen MR) is 116 cm³/mol. The van der Waals surface area contributed by atoms with Crippen LogP contribution in [0, 0.1) is 11.2 Å². The van der Waals surface area contributed by atoms with Gasteiger partial charge in [-0.25, -0.2) is 4.39 Å². The Hall–Kier alpha value is -4.14. The van der Waals surface area contributed by atoms with Crippen LogP contribution in [-0.4, -0.2) is 32.5 Å². The van der Waals surface area contributed by atoms with Crippen LogP contribution in [0.15, 0.2) is 59.7 Å². The number of H-pyrrole nitrogens is 1. The fourth-order valence-electron chi connectivity index (χ4n) is 3.23. The first kappa shape index (κ1) is 22.5. The van der Waals surface area contributed by atoms with E-state index in [-0.39, 0.29) is 18.0 Å². The molecule has 1 atom stereocenters. The predicted octanol–water partition coefficient (Wildman–Crippen LogP) is 2.94. The summed E-state index contributed by atoms with van der Waals surface area (Å²) >= 11 is 0. The molecule has 3 aromatic rings. The number of nitrogens with zero attached hydrogens (tertiary/aromatic N) is 1. The number of Topliss-reactive ketones (excluding diaryl/α,β-unsaturated/α-hetero) is 1. The maximum absolute atomic E-state index is 13.0. The van der Waals surface area contributed by atoms with Crippen molar-refractivity contribution in [3.05, 3.63) is 93.4 Å². The lowest BCUT2D eigenvalue weighted by atomic mass is 9.89. The number of pyridine rings is 2. The molecule has 0 radical (unpaired) electrons. The molecule has 1 aromatic carbocycles. The molecular weight excluding hydrogens is 415 g/mol. The van der Waals surface area contributed by atoms with E-state index in [2.05, 4.69) is 15.3 Å². The van der Waals surface area contributed by atoms with Gasteiger partial charge in [0.15, 0.2) is 5.75 Å². The standard InChI is InChI=1S/C23H21FN4O4/c1-2-16(14-7-9-26-10-8-14)19(25)21(30)18-11-17(20(29)23(32)28-18)22(31)27-12-13-3-5-15(24)6-4-13/h3-11,16,25,29H,2,12H2,1H3,(H,27,31)(H,28,32). The number of aromatic amines is 1. The van der Waals surface area contributed by atoms with E-state index >= 15 is 0 Å². The zero-order valence-electron chi connectivity index (χ0n) is 17.2. The molecule has 0 bridgehead atoms. The molecule has 1 unspecified atom stereocenters. The van der Waals surface area contributed by atoms with Crippen LogP contribution in [0.2, 0.25) is 0 Å². The quantitative estimate of drug-likeness (QED) is 0.318. The molecule has 4 N–H and O–H groups in total. The van der Waals surface area contributed by atoms with Crippen molar-refractivity contribution in [2.75, 3.05) is 0 Å². The SMILES string of the molecule is CCC(C(=N)C(=O)c1cc(C(=O)NCc2ccc(F)cc2)c(O)c(=O)[nH]1)c1ccncc1. The van der Waals surface area contributed by atoms with Crippen LogP contribution in [0.5, 0.6) is 5.75 Å². The Labute approximate surface area is 182 Å². The molecule has 2 heterocycles. The first-order valence-electron chi connectivity index (χ1n) is 9.83. The summed E-state index contributed by atoms with van der Waals surface area (Å²) in [5.41, 5.74) is -0.643. The highest BCUT2D eigenvalue weighted by atomic mass is 19.1. The summed E-state index contributed by atoms with van der Waals surface area (Å²) in [6.45, 7) is 1.84. The summed E-state index contributed by atoms with van der Waals surface area (Å²) in [6.07, 6.45) is 3.57. The number of benzene rings is 1. The van der Waals surface area contributed by atoms with E-state index in [0.29, 0.717) is 12.0 Å². The van der Waals surface area contributed by atoms with Crippen molar-refractivity contribution in [3.8, 4) is 5.75 Å². The molecule has 0 saturated heterocycles. The molecule has 164 valence electrons. The Morgan fingerprint density at radius 2 is 1.84 bits per heavy atom. The van der Waals surface area contributed by atoms with Gasteiger partial charge < -0.3 is 20.8 Å². The van der Waals surface area contributed by atoms with Crippen LogP contribution >= 0.6 is 0 Å². The Balaban J connectivity index is 1.84. The molecule has 2 aromatic heterocycles. The summed E-state index contributed by atoms with van der Waals surface area (Å²) in [5, 5.41) is 20.9. The number of ketones is 1. The largest absolute Gasteiger partial charge is 0.502 e. The second-order valence-corrected chi connectivity index (χ2v) is 7.07. The summed E-state index contributed by atoms with van der Waals surface area (Å²) in [7, 11) is 0. The molecule has 0 aliphatic rings. The molecule has 8 nitrogen and oxygen atoms in total. The molecule has 0 fully saturated rings. The van der Waals surface area contributed by atoms with E-state index in [9.17, 15) is 23.9 Å². The summed E-state index contributed by atoms with van der Waals surface area (Å²) in [4.78, 5) is 43.8. The minimum atomic E-state index is -1.02. The van der Waals surface area contributed by atoms with Gasteiger partial charge in [-0.1, -0.05) is 19.1 Å². The van der Waals surface area contributed by atoms with Crippen LogP contribution in [-0.2, 0) is 6.54 Å². The number of halogens is 1. The van der Waals surface area contributed by atoms with Gasteiger partial charge in [0.1, 0.15) is 5.82 Å². The molecule has 0 aliphatic carbocycles. The van der Waals surface area contributed by atoms with Crippen LogP contribution in [0.25, 0.3) is 0 Å². The number of hydrogen-bond donors (Lipinski definition) is 4. The van der Waals surface area contributed by atoms with E-state index in [1.54, 1.807) is 24.5 Å². The second-order valence-electron chi connectivity index (χ2n) is 7.07. The topological polar surface area (TPSA) is 136 Å². The van der Waals surface area contributed by atoms with Crippen LogP contribution in [0.4, 0.5) is 4.39 Å². The summed E-state index contributed by atoms with van der Waals surface area (Å²) in [5.74, 6) is -3.35. The third kappa shape index (κ3) is 4.94. The number of aromatic hydroxyl groups is 1. The van der Waals surface area contributed by atoms with Crippen molar-refractivity contribution in [3.63, 3.8) is 0 Å². The average molecular weight is 436 g/mol.